The van der Waals surface area contributed by atoms with Crippen molar-refractivity contribution in [2.24, 2.45) is 0 Å². The van der Waals surface area contributed by atoms with Gasteiger partial charge in [0.15, 0.2) is 12.4 Å². The summed E-state index contributed by atoms with van der Waals surface area (Å²) in [5.74, 6) is -0.983. The predicted octanol–water partition coefficient (Wildman–Crippen LogP) is 4.21. The molecule has 5 nitrogen and oxygen atoms in total. The lowest BCUT2D eigenvalue weighted by molar-refractivity contribution is 0.0474. The van der Waals surface area contributed by atoms with Gasteiger partial charge in [-0.25, -0.2) is 14.2 Å². The number of nitrogens with zero attached hydrogens (tertiary/aromatic N) is 1. The molecular formula is C20H16FNO4S. The first-order valence-electron chi connectivity index (χ1n) is 8.11. The first-order chi connectivity index (χ1) is 13.0. The Balaban J connectivity index is 1.56. The van der Waals surface area contributed by atoms with Gasteiger partial charge in [-0.1, -0.05) is 6.07 Å². The number of hydrogen-bond donors (Lipinski definition) is 0. The molecule has 2 aromatic carbocycles. The van der Waals surface area contributed by atoms with E-state index in [1.807, 2.05) is 12.3 Å². The molecule has 27 heavy (non-hydrogen) atoms. The number of rotatable bonds is 7. The quantitative estimate of drug-likeness (QED) is 0.450. The molecule has 138 valence electrons. The summed E-state index contributed by atoms with van der Waals surface area (Å²) in [6, 6.07) is 11.6. The van der Waals surface area contributed by atoms with Crippen molar-refractivity contribution >= 4 is 23.1 Å². The van der Waals surface area contributed by atoms with Crippen LogP contribution in [0.15, 0.2) is 53.9 Å². The Bertz CT molecular complexity index is 953. The molecular weight excluding hydrogens is 369 g/mol. The number of ether oxygens (including phenoxy) is 2. The minimum atomic E-state index is -0.639. The van der Waals surface area contributed by atoms with E-state index >= 15 is 0 Å². The molecule has 0 aliphatic heterocycles. The molecule has 0 saturated carbocycles. The van der Waals surface area contributed by atoms with Gasteiger partial charge in [0.2, 0.25) is 0 Å². The number of hydrogen-bond acceptors (Lipinski definition) is 6. The third-order valence-electron chi connectivity index (χ3n) is 3.62. The number of carbonyl (C=O) groups is 2. The Hall–Kier alpha value is -3.06. The van der Waals surface area contributed by atoms with Crippen LogP contribution in [0.3, 0.4) is 0 Å². The van der Waals surface area contributed by atoms with Crippen LogP contribution in [0.4, 0.5) is 4.39 Å². The fraction of sp³-hybridized carbons (Fsp3) is 0.150. The molecule has 0 aliphatic carbocycles. The summed E-state index contributed by atoms with van der Waals surface area (Å²) in [7, 11) is 0. The SMILES string of the molecule is Cc1nc(COc2cccc(C(=O)OCC(=O)c3ccc(F)cc3)c2)cs1. The maximum absolute atomic E-state index is 12.9. The van der Waals surface area contributed by atoms with E-state index in [1.54, 1.807) is 24.3 Å². The second kappa shape index (κ2) is 8.55. The minimum absolute atomic E-state index is 0.272. The normalized spacial score (nSPS) is 10.4. The van der Waals surface area contributed by atoms with Crippen molar-refractivity contribution in [2.75, 3.05) is 6.61 Å². The molecule has 0 aliphatic rings. The largest absolute Gasteiger partial charge is 0.487 e. The predicted molar refractivity (Wildman–Crippen MR) is 98.6 cm³/mol. The molecule has 0 saturated heterocycles. The lowest BCUT2D eigenvalue weighted by atomic mass is 10.1. The van der Waals surface area contributed by atoms with E-state index in [0.29, 0.717) is 12.4 Å². The van der Waals surface area contributed by atoms with Crippen molar-refractivity contribution in [3.63, 3.8) is 0 Å². The van der Waals surface area contributed by atoms with Crippen LogP contribution in [0.2, 0.25) is 0 Å². The van der Waals surface area contributed by atoms with Crippen molar-refractivity contribution < 1.29 is 23.5 Å². The fourth-order valence-electron chi connectivity index (χ4n) is 2.28. The zero-order valence-electron chi connectivity index (χ0n) is 14.5. The lowest BCUT2D eigenvalue weighted by Gasteiger charge is -2.07. The van der Waals surface area contributed by atoms with E-state index in [0.717, 1.165) is 10.7 Å². The monoisotopic (exact) mass is 385 g/mol. The summed E-state index contributed by atoms with van der Waals surface area (Å²) in [5, 5.41) is 2.87. The number of Topliss-reactive ketones (excluding diaryl/α,β-unsaturated/α-hetero) is 1. The third kappa shape index (κ3) is 5.21. The summed E-state index contributed by atoms with van der Waals surface area (Å²) in [6.07, 6.45) is 0. The van der Waals surface area contributed by atoms with Gasteiger partial charge in [0, 0.05) is 10.9 Å². The maximum Gasteiger partial charge on any atom is 0.338 e. The highest BCUT2D eigenvalue weighted by atomic mass is 32.1. The number of aryl methyl sites for hydroxylation is 1. The maximum atomic E-state index is 12.9. The minimum Gasteiger partial charge on any atom is -0.487 e. The third-order valence-corrected chi connectivity index (χ3v) is 4.45. The van der Waals surface area contributed by atoms with Crippen LogP contribution in [-0.4, -0.2) is 23.3 Å². The van der Waals surface area contributed by atoms with E-state index in [9.17, 15) is 14.0 Å². The van der Waals surface area contributed by atoms with E-state index in [2.05, 4.69) is 4.98 Å². The molecule has 0 spiro atoms. The van der Waals surface area contributed by atoms with Crippen LogP contribution in [0, 0.1) is 12.7 Å². The standard InChI is InChI=1S/C20H16FNO4S/c1-13-22-17(12-27-13)10-25-18-4-2-3-15(9-18)20(24)26-11-19(23)14-5-7-16(21)8-6-14/h2-9,12H,10-11H2,1H3. The van der Waals surface area contributed by atoms with E-state index in [-0.39, 0.29) is 11.1 Å². The van der Waals surface area contributed by atoms with Crippen molar-refractivity contribution in [1.29, 1.82) is 0 Å². The Kier molecular flexibility index (Phi) is 5.93. The highest BCUT2D eigenvalue weighted by Gasteiger charge is 2.13. The van der Waals surface area contributed by atoms with Gasteiger partial charge in [-0.3, -0.25) is 4.79 Å². The van der Waals surface area contributed by atoms with Gasteiger partial charge in [-0.2, -0.15) is 0 Å². The molecule has 0 N–H and O–H groups in total. The van der Waals surface area contributed by atoms with Gasteiger partial charge in [0.1, 0.15) is 18.2 Å². The molecule has 0 amide bonds. The number of esters is 1. The summed E-state index contributed by atoms with van der Waals surface area (Å²) in [6.45, 7) is 1.79. The van der Waals surface area contributed by atoms with E-state index in [4.69, 9.17) is 9.47 Å². The van der Waals surface area contributed by atoms with Gasteiger partial charge in [-0.15, -0.1) is 11.3 Å². The fourth-order valence-corrected chi connectivity index (χ4v) is 2.88. The molecule has 3 aromatic rings. The molecule has 1 aromatic heterocycles. The molecule has 0 bridgehead atoms. The number of ketones is 1. The molecule has 3 rings (SSSR count). The average Bonchev–Trinajstić information content (AvgIpc) is 3.10. The number of halogens is 1. The Morgan fingerprint density at radius 2 is 1.89 bits per heavy atom. The first-order valence-corrected chi connectivity index (χ1v) is 8.99. The van der Waals surface area contributed by atoms with Crippen LogP contribution < -0.4 is 4.74 Å². The van der Waals surface area contributed by atoms with Crippen LogP contribution in [0.25, 0.3) is 0 Å². The average molecular weight is 385 g/mol. The smallest absolute Gasteiger partial charge is 0.338 e. The van der Waals surface area contributed by atoms with Gasteiger partial charge in [-0.05, 0) is 49.4 Å². The summed E-state index contributed by atoms with van der Waals surface area (Å²) >= 11 is 1.54. The van der Waals surface area contributed by atoms with Crippen LogP contribution >= 0.6 is 11.3 Å². The highest BCUT2D eigenvalue weighted by molar-refractivity contribution is 7.09. The second-order valence-corrected chi connectivity index (χ2v) is 6.74. The topological polar surface area (TPSA) is 65.5 Å². The number of aromatic nitrogens is 1. The second-order valence-electron chi connectivity index (χ2n) is 5.68. The van der Waals surface area contributed by atoms with Crippen molar-refractivity contribution in [1.82, 2.24) is 4.98 Å². The highest BCUT2D eigenvalue weighted by Crippen LogP contribution is 2.17. The zero-order valence-corrected chi connectivity index (χ0v) is 15.3. The number of carbonyl (C=O) groups excluding carboxylic acids is 2. The van der Waals surface area contributed by atoms with Crippen molar-refractivity contribution in [3.8, 4) is 5.75 Å². The van der Waals surface area contributed by atoms with Gasteiger partial charge < -0.3 is 9.47 Å². The molecule has 0 radical (unpaired) electrons. The summed E-state index contributed by atoms with van der Waals surface area (Å²) in [5.41, 5.74) is 1.36. The number of benzene rings is 2. The van der Waals surface area contributed by atoms with Gasteiger partial charge in [0.05, 0.1) is 16.3 Å². The Labute approximate surface area is 159 Å². The van der Waals surface area contributed by atoms with E-state index < -0.39 is 24.2 Å². The van der Waals surface area contributed by atoms with Gasteiger partial charge >= 0.3 is 5.97 Å². The summed E-state index contributed by atoms with van der Waals surface area (Å²) < 4.78 is 23.6. The van der Waals surface area contributed by atoms with Crippen molar-refractivity contribution in [2.45, 2.75) is 13.5 Å². The molecule has 7 heteroatoms. The first kappa shape index (κ1) is 18.7. The van der Waals surface area contributed by atoms with Crippen LogP contribution in [-0.2, 0) is 11.3 Å². The zero-order chi connectivity index (χ0) is 19.2. The van der Waals surface area contributed by atoms with Crippen LogP contribution in [0.1, 0.15) is 31.4 Å². The summed E-state index contributed by atoms with van der Waals surface area (Å²) in [4.78, 5) is 28.5. The van der Waals surface area contributed by atoms with Gasteiger partial charge in [0.25, 0.3) is 0 Å². The molecule has 1 heterocycles. The van der Waals surface area contributed by atoms with E-state index in [1.165, 1.54) is 35.6 Å². The van der Waals surface area contributed by atoms with Crippen molar-refractivity contribution in [3.05, 3.63) is 81.6 Å². The molecule has 0 atom stereocenters. The van der Waals surface area contributed by atoms with Crippen LogP contribution in [0.5, 0.6) is 5.75 Å². The molecule has 0 unspecified atom stereocenters. The molecule has 0 fully saturated rings. The Morgan fingerprint density at radius 1 is 1.11 bits per heavy atom. The number of thiazole rings is 1. The Morgan fingerprint density at radius 3 is 2.59 bits per heavy atom. The lowest BCUT2D eigenvalue weighted by Crippen LogP contribution is -2.14.